The predicted octanol–water partition coefficient (Wildman–Crippen LogP) is 7.30. The van der Waals surface area contributed by atoms with Crippen LogP contribution in [0.2, 0.25) is 0 Å². The van der Waals surface area contributed by atoms with E-state index in [0.717, 1.165) is 89.6 Å². The topological polar surface area (TPSA) is 74.0 Å². The van der Waals surface area contributed by atoms with Crippen molar-refractivity contribution in [2.75, 3.05) is 5.32 Å². The van der Waals surface area contributed by atoms with Crippen molar-refractivity contribution in [3.05, 3.63) is 54.2 Å². The number of benzene rings is 2. The van der Waals surface area contributed by atoms with E-state index < -0.39 is 0 Å². The molecule has 3 N–H and O–H groups in total. The molecule has 0 radical (unpaired) electrons. The summed E-state index contributed by atoms with van der Waals surface area (Å²) < 4.78 is 0. The molecule has 38 heavy (non-hydrogen) atoms. The van der Waals surface area contributed by atoms with Crippen LogP contribution in [0.1, 0.15) is 81.5 Å². The van der Waals surface area contributed by atoms with Gasteiger partial charge in [0.05, 0.1) is 0 Å². The summed E-state index contributed by atoms with van der Waals surface area (Å²) in [4.78, 5) is 29.7. The molecule has 8 rings (SSSR count). The summed E-state index contributed by atoms with van der Waals surface area (Å²) >= 11 is 0. The van der Waals surface area contributed by atoms with Crippen LogP contribution in [-0.2, 0) is 4.79 Å². The van der Waals surface area contributed by atoms with Gasteiger partial charge in [0.2, 0.25) is 5.91 Å². The van der Waals surface area contributed by atoms with Gasteiger partial charge < -0.3 is 15.6 Å². The Bertz CT molecular complexity index is 1340. The van der Waals surface area contributed by atoms with Gasteiger partial charge in [-0.05, 0) is 111 Å². The van der Waals surface area contributed by atoms with Gasteiger partial charge in [0, 0.05) is 45.4 Å². The lowest BCUT2D eigenvalue weighted by molar-refractivity contribution is -0.122. The van der Waals surface area contributed by atoms with Crippen molar-refractivity contribution < 1.29 is 9.59 Å². The number of hydrogen-bond acceptors (Lipinski definition) is 2. The zero-order valence-corrected chi connectivity index (χ0v) is 22.4. The van der Waals surface area contributed by atoms with Crippen molar-refractivity contribution in [3.8, 4) is 11.1 Å². The van der Waals surface area contributed by atoms with E-state index in [1.807, 2.05) is 36.5 Å². The van der Waals surface area contributed by atoms with E-state index in [9.17, 15) is 9.59 Å². The lowest BCUT2D eigenvalue weighted by Crippen LogP contribution is -2.59. The first-order valence-electron chi connectivity index (χ1n) is 14.8. The maximum absolute atomic E-state index is 13.5. The molecule has 5 heteroatoms. The monoisotopic (exact) mass is 509 g/mol. The van der Waals surface area contributed by atoms with E-state index in [1.54, 1.807) is 0 Å². The number of nitrogens with one attached hydrogen (secondary N) is 3. The van der Waals surface area contributed by atoms with Crippen molar-refractivity contribution in [2.45, 2.75) is 76.7 Å². The number of aromatic amines is 1. The first-order valence-corrected chi connectivity index (χ1v) is 14.8. The molecule has 2 aromatic carbocycles. The number of H-pyrrole nitrogens is 1. The van der Waals surface area contributed by atoms with Crippen LogP contribution in [0.5, 0.6) is 0 Å². The molecule has 1 heterocycles. The van der Waals surface area contributed by atoms with Gasteiger partial charge >= 0.3 is 0 Å². The number of amides is 2. The fourth-order valence-electron chi connectivity index (χ4n) is 8.75. The average Bonchev–Trinajstić information content (AvgIpc) is 3.31. The molecular weight excluding hydrogens is 470 g/mol. The van der Waals surface area contributed by atoms with Gasteiger partial charge in [0.25, 0.3) is 5.91 Å². The van der Waals surface area contributed by atoms with E-state index in [-0.39, 0.29) is 23.3 Å². The normalized spacial score (nSPS) is 31.9. The van der Waals surface area contributed by atoms with E-state index >= 15 is 0 Å². The lowest BCUT2D eigenvalue weighted by atomic mass is 9.53. The Morgan fingerprint density at radius 1 is 0.895 bits per heavy atom. The van der Waals surface area contributed by atoms with Gasteiger partial charge in [0.1, 0.15) is 0 Å². The van der Waals surface area contributed by atoms with Gasteiger partial charge in [-0.15, -0.1) is 0 Å². The molecule has 5 nitrogen and oxygen atoms in total. The first-order chi connectivity index (χ1) is 18.4. The first kappa shape index (κ1) is 24.0. The molecule has 198 valence electrons. The second-order valence-electron chi connectivity index (χ2n) is 13.0. The Balaban J connectivity index is 1.08. The minimum absolute atomic E-state index is 0.0114. The molecular formula is C33H39N3O2. The third kappa shape index (κ3) is 4.34. The zero-order valence-electron chi connectivity index (χ0n) is 22.4. The van der Waals surface area contributed by atoms with Crippen molar-refractivity contribution in [3.63, 3.8) is 0 Å². The van der Waals surface area contributed by atoms with Crippen LogP contribution in [0.3, 0.4) is 0 Å². The highest BCUT2D eigenvalue weighted by Gasteiger charge is 2.51. The van der Waals surface area contributed by atoms with Crippen molar-refractivity contribution >= 4 is 28.4 Å². The number of fused-ring (bicyclic) bond motifs is 1. The molecule has 0 spiro atoms. The molecule has 2 amide bonds. The molecule has 1 aromatic heterocycles. The van der Waals surface area contributed by atoms with Crippen LogP contribution in [0.4, 0.5) is 5.69 Å². The van der Waals surface area contributed by atoms with Crippen molar-refractivity contribution in [1.82, 2.24) is 10.3 Å². The molecule has 5 aliphatic carbocycles. The molecule has 5 fully saturated rings. The summed E-state index contributed by atoms with van der Waals surface area (Å²) in [5.41, 5.74) is 4.75. The van der Waals surface area contributed by atoms with Crippen LogP contribution < -0.4 is 10.6 Å². The Morgan fingerprint density at radius 2 is 1.58 bits per heavy atom. The minimum Gasteiger partial charge on any atom is -0.361 e. The quantitative estimate of drug-likeness (QED) is 0.338. The Hall–Kier alpha value is -3.08. The van der Waals surface area contributed by atoms with Crippen LogP contribution in [0.15, 0.2) is 48.7 Å². The van der Waals surface area contributed by atoms with E-state index in [2.05, 4.69) is 34.7 Å². The third-order valence-electron chi connectivity index (χ3n) is 10.3. The number of rotatable bonds is 5. The number of hydrogen-bond donors (Lipinski definition) is 3. The third-order valence-corrected chi connectivity index (χ3v) is 10.3. The number of anilines is 1. The van der Waals surface area contributed by atoms with E-state index in [4.69, 9.17) is 0 Å². The highest BCUT2D eigenvalue weighted by atomic mass is 16.2. The summed E-state index contributed by atoms with van der Waals surface area (Å²) in [5, 5.41) is 7.71. The Kier molecular flexibility index (Phi) is 5.86. The van der Waals surface area contributed by atoms with Crippen LogP contribution in [0, 0.1) is 29.6 Å². The summed E-state index contributed by atoms with van der Waals surface area (Å²) in [7, 11) is 0. The van der Waals surface area contributed by atoms with Crippen LogP contribution in [-0.4, -0.2) is 22.3 Å². The highest BCUT2D eigenvalue weighted by Crippen LogP contribution is 2.55. The molecule has 2 atom stereocenters. The SMILES string of the molecule is CC1CCCCC1C(=O)Nc1ccc(-c2c[nH]c3ccc(C(=O)NC45CC6CC(CC(C6)C4)C5)cc23)cc1. The summed E-state index contributed by atoms with van der Waals surface area (Å²) in [6.45, 7) is 2.20. The maximum atomic E-state index is 13.5. The van der Waals surface area contributed by atoms with Crippen molar-refractivity contribution in [2.24, 2.45) is 29.6 Å². The second-order valence-corrected chi connectivity index (χ2v) is 13.0. The number of carbonyl (C=O) groups is 2. The van der Waals surface area contributed by atoms with Gasteiger partial charge in [0.15, 0.2) is 0 Å². The summed E-state index contributed by atoms with van der Waals surface area (Å²) in [6.07, 6.45) is 14.1. The molecule has 2 unspecified atom stereocenters. The molecule has 5 saturated carbocycles. The molecule has 0 aliphatic heterocycles. The van der Waals surface area contributed by atoms with E-state index in [0.29, 0.717) is 5.92 Å². The molecule has 3 aromatic rings. The summed E-state index contributed by atoms with van der Waals surface area (Å²) in [6, 6.07) is 14.1. The molecule has 0 saturated heterocycles. The summed E-state index contributed by atoms with van der Waals surface area (Å²) in [5.74, 6) is 3.18. The number of carbonyl (C=O) groups excluding carboxylic acids is 2. The Labute approximate surface area is 225 Å². The fraction of sp³-hybridized carbons (Fsp3) is 0.515. The second kappa shape index (κ2) is 9.29. The van der Waals surface area contributed by atoms with Gasteiger partial charge in [-0.2, -0.15) is 0 Å². The predicted molar refractivity (Wildman–Crippen MR) is 152 cm³/mol. The zero-order chi connectivity index (χ0) is 25.9. The number of aromatic nitrogens is 1. The largest absolute Gasteiger partial charge is 0.361 e. The smallest absolute Gasteiger partial charge is 0.251 e. The van der Waals surface area contributed by atoms with Gasteiger partial charge in [-0.3, -0.25) is 9.59 Å². The van der Waals surface area contributed by atoms with Crippen LogP contribution >= 0.6 is 0 Å². The minimum atomic E-state index is 0.0114. The average molecular weight is 510 g/mol. The highest BCUT2D eigenvalue weighted by molar-refractivity contribution is 6.03. The lowest BCUT2D eigenvalue weighted by Gasteiger charge is -2.56. The fourth-order valence-corrected chi connectivity index (χ4v) is 8.75. The standard InChI is InChI=1S/C33H39N3O2/c1-20-4-2-3-5-27(20)32(38)35-26-9-6-24(7-10-26)29-19-34-30-11-8-25(15-28(29)30)31(37)36-33-16-21-12-22(17-33)14-23(13-21)18-33/h6-11,15,19-23,27,34H,2-5,12-14,16-18H2,1H3,(H,35,38)(H,36,37). The van der Waals surface area contributed by atoms with E-state index in [1.165, 1.54) is 25.7 Å². The Morgan fingerprint density at radius 3 is 2.26 bits per heavy atom. The van der Waals surface area contributed by atoms with Crippen LogP contribution in [0.25, 0.3) is 22.0 Å². The molecule has 5 aliphatic rings. The maximum Gasteiger partial charge on any atom is 0.251 e. The van der Waals surface area contributed by atoms with Gasteiger partial charge in [-0.25, -0.2) is 0 Å². The van der Waals surface area contributed by atoms with Crippen molar-refractivity contribution in [1.29, 1.82) is 0 Å². The van der Waals surface area contributed by atoms with Gasteiger partial charge in [-0.1, -0.05) is 31.9 Å². The molecule has 4 bridgehead atoms.